The minimum absolute atomic E-state index is 0.255. The predicted molar refractivity (Wildman–Crippen MR) is 104 cm³/mol. The summed E-state index contributed by atoms with van der Waals surface area (Å²) in [4.78, 5) is 28.0. The van der Waals surface area contributed by atoms with Crippen molar-refractivity contribution in [3.8, 4) is 0 Å². The van der Waals surface area contributed by atoms with Gasteiger partial charge in [0.15, 0.2) is 0 Å². The Kier molecular flexibility index (Phi) is 4.81. The van der Waals surface area contributed by atoms with Crippen LogP contribution in [0.25, 0.3) is 21.7 Å². The lowest BCUT2D eigenvalue weighted by Crippen LogP contribution is -2.48. The highest BCUT2D eigenvalue weighted by molar-refractivity contribution is 6.04. The van der Waals surface area contributed by atoms with E-state index in [0.717, 1.165) is 34.8 Å². The zero-order valence-electron chi connectivity index (χ0n) is 15.3. The van der Waals surface area contributed by atoms with E-state index < -0.39 is 0 Å². The zero-order valence-corrected chi connectivity index (χ0v) is 15.3. The van der Waals surface area contributed by atoms with Crippen LogP contribution in [0, 0.1) is 0 Å². The third kappa shape index (κ3) is 3.53. The van der Waals surface area contributed by atoms with Crippen molar-refractivity contribution in [2.24, 2.45) is 0 Å². The molecule has 1 aromatic heterocycles. The molecule has 3 aromatic rings. The highest BCUT2D eigenvalue weighted by atomic mass is 16.6. The maximum absolute atomic E-state index is 12.1. The summed E-state index contributed by atoms with van der Waals surface area (Å²) in [5.41, 5.74) is 1.26. The fourth-order valence-corrected chi connectivity index (χ4v) is 3.63. The first-order chi connectivity index (χ1) is 13.2. The number of ether oxygens (including phenoxy) is 1. The molecule has 6 nitrogen and oxygen atoms in total. The summed E-state index contributed by atoms with van der Waals surface area (Å²) in [6.07, 6.45) is -0.255. The Balaban J connectivity index is 1.59. The number of hydrogen-bond donors (Lipinski definition) is 0. The van der Waals surface area contributed by atoms with Crippen molar-refractivity contribution in [3.63, 3.8) is 0 Å². The van der Waals surface area contributed by atoms with E-state index in [1.807, 2.05) is 37.3 Å². The van der Waals surface area contributed by atoms with E-state index in [1.165, 1.54) is 0 Å². The van der Waals surface area contributed by atoms with Gasteiger partial charge in [-0.2, -0.15) is 0 Å². The highest BCUT2D eigenvalue weighted by Crippen LogP contribution is 2.27. The van der Waals surface area contributed by atoms with Crippen LogP contribution in [0.3, 0.4) is 0 Å². The maximum Gasteiger partial charge on any atom is 0.409 e. The van der Waals surface area contributed by atoms with Crippen molar-refractivity contribution >= 4 is 27.8 Å². The Labute approximate surface area is 156 Å². The van der Waals surface area contributed by atoms with E-state index in [2.05, 4.69) is 11.0 Å². The smallest absolute Gasteiger partial charge is 0.409 e. The fourth-order valence-electron chi connectivity index (χ4n) is 3.63. The second-order valence-electron chi connectivity index (χ2n) is 6.72. The molecule has 4 rings (SSSR count). The number of piperazine rings is 1. The molecule has 1 aliphatic rings. The summed E-state index contributed by atoms with van der Waals surface area (Å²) in [5.74, 6) is 0. The molecule has 0 spiro atoms. The van der Waals surface area contributed by atoms with Gasteiger partial charge in [0.05, 0.1) is 6.61 Å². The van der Waals surface area contributed by atoms with Crippen molar-refractivity contribution in [3.05, 3.63) is 58.4 Å². The first-order valence-corrected chi connectivity index (χ1v) is 9.24. The van der Waals surface area contributed by atoms with Gasteiger partial charge in [0.25, 0.3) is 0 Å². The monoisotopic (exact) mass is 366 g/mol. The molecule has 27 heavy (non-hydrogen) atoms. The minimum atomic E-state index is -0.334. The Morgan fingerprint density at radius 2 is 1.85 bits per heavy atom. The van der Waals surface area contributed by atoms with Gasteiger partial charge in [0, 0.05) is 49.6 Å². The van der Waals surface area contributed by atoms with Gasteiger partial charge in [-0.25, -0.2) is 9.59 Å². The Hall–Kier alpha value is -2.86. The molecule has 1 aliphatic heterocycles. The molecule has 0 radical (unpaired) electrons. The van der Waals surface area contributed by atoms with Gasteiger partial charge in [-0.3, -0.25) is 4.90 Å². The second-order valence-corrected chi connectivity index (χ2v) is 6.72. The third-order valence-electron chi connectivity index (χ3n) is 5.01. The standard InChI is InChI=1S/C21H22N2O4/c1-2-26-21(25)23-11-9-22(10-12-23)14-16-13-19(24)27-20-17-6-4-3-5-15(17)7-8-18(16)20/h3-8,13H,2,9-12,14H2,1H3. The van der Waals surface area contributed by atoms with Crippen molar-refractivity contribution in [2.45, 2.75) is 13.5 Å². The van der Waals surface area contributed by atoms with Crippen molar-refractivity contribution in [2.75, 3.05) is 32.8 Å². The summed E-state index contributed by atoms with van der Waals surface area (Å²) < 4.78 is 10.6. The molecule has 2 heterocycles. The van der Waals surface area contributed by atoms with Crippen LogP contribution >= 0.6 is 0 Å². The third-order valence-corrected chi connectivity index (χ3v) is 5.01. The molecule has 0 atom stereocenters. The van der Waals surface area contributed by atoms with Gasteiger partial charge in [-0.15, -0.1) is 0 Å². The number of carbonyl (C=O) groups excluding carboxylic acids is 1. The van der Waals surface area contributed by atoms with Crippen molar-refractivity contribution in [1.29, 1.82) is 0 Å². The fraction of sp³-hybridized carbons (Fsp3) is 0.333. The molecule has 0 bridgehead atoms. The molecule has 0 unspecified atom stereocenters. The number of fused-ring (bicyclic) bond motifs is 3. The number of benzene rings is 2. The highest BCUT2D eigenvalue weighted by Gasteiger charge is 2.22. The van der Waals surface area contributed by atoms with Crippen molar-refractivity contribution in [1.82, 2.24) is 9.80 Å². The van der Waals surface area contributed by atoms with E-state index in [0.29, 0.717) is 31.8 Å². The van der Waals surface area contributed by atoms with Crippen molar-refractivity contribution < 1.29 is 13.9 Å². The molecular weight excluding hydrogens is 344 g/mol. The van der Waals surface area contributed by atoms with Gasteiger partial charge in [-0.1, -0.05) is 36.4 Å². The average molecular weight is 366 g/mol. The maximum atomic E-state index is 12.1. The largest absolute Gasteiger partial charge is 0.450 e. The molecule has 0 aliphatic carbocycles. The van der Waals surface area contributed by atoms with E-state index in [-0.39, 0.29) is 11.7 Å². The molecule has 1 fully saturated rings. The van der Waals surface area contributed by atoms with Gasteiger partial charge >= 0.3 is 11.7 Å². The Bertz CT molecular complexity index is 1040. The van der Waals surface area contributed by atoms with E-state index >= 15 is 0 Å². The summed E-state index contributed by atoms with van der Waals surface area (Å²) in [6, 6.07) is 13.6. The quantitative estimate of drug-likeness (QED) is 0.526. The van der Waals surface area contributed by atoms with E-state index in [4.69, 9.17) is 9.15 Å². The normalized spacial score (nSPS) is 15.4. The summed E-state index contributed by atoms with van der Waals surface area (Å²) in [7, 11) is 0. The van der Waals surface area contributed by atoms with Gasteiger partial charge < -0.3 is 14.1 Å². The first kappa shape index (κ1) is 17.5. The summed E-state index contributed by atoms with van der Waals surface area (Å²) in [5, 5.41) is 2.95. The van der Waals surface area contributed by atoms with Gasteiger partial charge in [0.1, 0.15) is 5.58 Å². The Morgan fingerprint density at radius 1 is 1.07 bits per heavy atom. The molecule has 2 aromatic carbocycles. The lowest BCUT2D eigenvalue weighted by molar-refractivity contribution is 0.0779. The van der Waals surface area contributed by atoms with E-state index in [9.17, 15) is 9.59 Å². The number of amides is 1. The van der Waals surface area contributed by atoms with Crippen LogP contribution in [0.15, 0.2) is 51.7 Å². The number of rotatable bonds is 3. The zero-order chi connectivity index (χ0) is 18.8. The molecule has 0 saturated carbocycles. The number of nitrogens with zero attached hydrogens (tertiary/aromatic N) is 2. The van der Waals surface area contributed by atoms with E-state index in [1.54, 1.807) is 11.0 Å². The molecule has 0 N–H and O–H groups in total. The predicted octanol–water partition coefficient (Wildman–Crippen LogP) is 3.22. The number of carbonyl (C=O) groups is 1. The second kappa shape index (κ2) is 7.40. The lowest BCUT2D eigenvalue weighted by atomic mass is 10.0. The summed E-state index contributed by atoms with van der Waals surface area (Å²) in [6.45, 7) is 5.59. The molecule has 1 saturated heterocycles. The van der Waals surface area contributed by atoms with Crippen LogP contribution in [-0.2, 0) is 11.3 Å². The van der Waals surface area contributed by atoms with Gasteiger partial charge in [0.2, 0.25) is 0 Å². The first-order valence-electron chi connectivity index (χ1n) is 9.24. The molecular formula is C21H22N2O4. The van der Waals surface area contributed by atoms with Crippen LogP contribution in [0.2, 0.25) is 0 Å². The molecule has 1 amide bonds. The van der Waals surface area contributed by atoms with Crippen LogP contribution in [0.1, 0.15) is 12.5 Å². The lowest BCUT2D eigenvalue weighted by Gasteiger charge is -2.34. The SMILES string of the molecule is CCOC(=O)N1CCN(Cc2cc(=O)oc3c2ccc2ccccc23)CC1. The van der Waals surface area contributed by atoms with Gasteiger partial charge in [-0.05, 0) is 17.9 Å². The molecule has 6 heteroatoms. The summed E-state index contributed by atoms with van der Waals surface area (Å²) >= 11 is 0. The van der Waals surface area contributed by atoms with Crippen LogP contribution in [-0.4, -0.2) is 48.7 Å². The van der Waals surface area contributed by atoms with Crippen LogP contribution < -0.4 is 5.63 Å². The minimum Gasteiger partial charge on any atom is -0.450 e. The topological polar surface area (TPSA) is 63.0 Å². The molecule has 140 valence electrons. The van der Waals surface area contributed by atoms with Crippen LogP contribution in [0.4, 0.5) is 4.79 Å². The van der Waals surface area contributed by atoms with Crippen LogP contribution in [0.5, 0.6) is 0 Å². The average Bonchev–Trinajstić information content (AvgIpc) is 2.68. The Morgan fingerprint density at radius 3 is 2.63 bits per heavy atom. The number of hydrogen-bond acceptors (Lipinski definition) is 5.